The van der Waals surface area contributed by atoms with Crippen molar-refractivity contribution in [2.75, 3.05) is 40.4 Å². The number of amides is 1. The number of pyridine rings is 1. The predicted molar refractivity (Wildman–Crippen MR) is 121 cm³/mol. The lowest BCUT2D eigenvalue weighted by Gasteiger charge is -2.35. The molecule has 0 saturated carbocycles. The van der Waals surface area contributed by atoms with E-state index in [0.717, 1.165) is 59.6 Å². The summed E-state index contributed by atoms with van der Waals surface area (Å²) in [6.07, 6.45) is 1.99. The molecule has 6 heteroatoms. The fourth-order valence-corrected chi connectivity index (χ4v) is 4.44. The molecule has 31 heavy (non-hydrogen) atoms. The summed E-state index contributed by atoms with van der Waals surface area (Å²) in [5, 5.41) is 0.883. The number of carbonyl (C=O) groups excluding carboxylic acids is 1. The first-order valence-corrected chi connectivity index (χ1v) is 10.9. The normalized spacial score (nSPS) is 17.0. The summed E-state index contributed by atoms with van der Waals surface area (Å²) in [5.41, 5.74) is 3.17. The average molecular weight is 418 g/mol. The molecule has 0 unspecified atom stereocenters. The summed E-state index contributed by atoms with van der Waals surface area (Å²) >= 11 is 0. The number of carbonyl (C=O) groups is 1. The second-order valence-corrected chi connectivity index (χ2v) is 8.38. The van der Waals surface area contributed by atoms with E-state index in [-0.39, 0.29) is 11.9 Å². The molecule has 0 aliphatic carbocycles. The van der Waals surface area contributed by atoms with Crippen LogP contribution >= 0.6 is 0 Å². The maximum absolute atomic E-state index is 13.6. The Balaban J connectivity index is 1.54. The zero-order valence-corrected chi connectivity index (χ0v) is 18.0. The SMILES string of the molecule is CN1CCC(N(C)C(=O)c2cc(-c3ccc4c(c3)OCCO4)nc3ccccc23)CC1. The second kappa shape index (κ2) is 8.19. The average Bonchev–Trinajstić information content (AvgIpc) is 2.82. The van der Waals surface area contributed by atoms with Gasteiger partial charge in [0.2, 0.25) is 0 Å². The molecule has 5 rings (SSSR count). The third-order valence-corrected chi connectivity index (χ3v) is 6.34. The third-order valence-electron chi connectivity index (χ3n) is 6.34. The monoisotopic (exact) mass is 417 g/mol. The van der Waals surface area contributed by atoms with Gasteiger partial charge < -0.3 is 19.3 Å². The van der Waals surface area contributed by atoms with E-state index in [2.05, 4.69) is 11.9 Å². The molecule has 0 radical (unpaired) electrons. The molecule has 3 heterocycles. The van der Waals surface area contributed by atoms with E-state index in [9.17, 15) is 4.79 Å². The molecule has 6 nitrogen and oxygen atoms in total. The zero-order valence-electron chi connectivity index (χ0n) is 18.0. The van der Waals surface area contributed by atoms with Gasteiger partial charge in [0.25, 0.3) is 5.91 Å². The van der Waals surface area contributed by atoms with Crippen molar-refractivity contribution >= 4 is 16.8 Å². The Kier molecular flexibility index (Phi) is 5.24. The maximum atomic E-state index is 13.6. The van der Waals surface area contributed by atoms with Crippen molar-refractivity contribution < 1.29 is 14.3 Å². The number of aromatic nitrogens is 1. The van der Waals surface area contributed by atoms with Crippen LogP contribution in [0.4, 0.5) is 0 Å². The van der Waals surface area contributed by atoms with Crippen LogP contribution in [0.5, 0.6) is 11.5 Å². The number of hydrogen-bond acceptors (Lipinski definition) is 5. The van der Waals surface area contributed by atoms with Crippen LogP contribution in [0.1, 0.15) is 23.2 Å². The number of rotatable bonds is 3. The highest BCUT2D eigenvalue weighted by molar-refractivity contribution is 6.07. The van der Waals surface area contributed by atoms with Crippen LogP contribution < -0.4 is 9.47 Å². The van der Waals surface area contributed by atoms with E-state index >= 15 is 0 Å². The van der Waals surface area contributed by atoms with Crippen LogP contribution in [-0.4, -0.2) is 67.1 Å². The van der Waals surface area contributed by atoms with Crippen molar-refractivity contribution in [1.82, 2.24) is 14.8 Å². The van der Waals surface area contributed by atoms with Gasteiger partial charge in [0.05, 0.1) is 16.8 Å². The standard InChI is InChI=1S/C25H27N3O3/c1-27-11-9-18(10-12-27)28(2)25(29)20-16-22(26-21-6-4-3-5-19(20)21)17-7-8-23-24(15-17)31-14-13-30-23/h3-8,15-16,18H,9-14H2,1-2H3. The van der Waals surface area contributed by atoms with Gasteiger partial charge in [0.15, 0.2) is 11.5 Å². The summed E-state index contributed by atoms with van der Waals surface area (Å²) in [4.78, 5) is 22.7. The number of hydrogen-bond donors (Lipinski definition) is 0. The smallest absolute Gasteiger partial charge is 0.254 e. The minimum absolute atomic E-state index is 0.0481. The maximum Gasteiger partial charge on any atom is 0.254 e. The Morgan fingerprint density at radius 2 is 1.77 bits per heavy atom. The van der Waals surface area contributed by atoms with Crippen molar-refractivity contribution in [3.05, 3.63) is 54.1 Å². The summed E-state index contributed by atoms with van der Waals surface area (Å²) in [6, 6.07) is 15.9. The van der Waals surface area contributed by atoms with Crippen LogP contribution in [0.2, 0.25) is 0 Å². The molecule has 1 aromatic heterocycles. The van der Waals surface area contributed by atoms with E-state index < -0.39 is 0 Å². The summed E-state index contributed by atoms with van der Waals surface area (Å²) in [7, 11) is 4.06. The number of para-hydroxylation sites is 1. The molecule has 1 saturated heterocycles. The number of likely N-dealkylation sites (tertiary alicyclic amines) is 1. The highest BCUT2D eigenvalue weighted by Crippen LogP contribution is 2.35. The van der Waals surface area contributed by atoms with Crippen molar-refractivity contribution in [3.8, 4) is 22.8 Å². The van der Waals surface area contributed by atoms with E-state index in [1.54, 1.807) is 0 Å². The number of nitrogens with zero attached hydrogens (tertiary/aromatic N) is 3. The van der Waals surface area contributed by atoms with E-state index in [1.807, 2.05) is 60.5 Å². The van der Waals surface area contributed by atoms with Gasteiger partial charge in [-0.05, 0) is 63.3 Å². The summed E-state index contributed by atoms with van der Waals surface area (Å²) in [5.74, 6) is 1.51. The van der Waals surface area contributed by atoms with Crippen molar-refractivity contribution in [2.24, 2.45) is 0 Å². The van der Waals surface area contributed by atoms with Gasteiger partial charge >= 0.3 is 0 Å². The van der Waals surface area contributed by atoms with Gasteiger partial charge in [0.1, 0.15) is 13.2 Å². The fourth-order valence-electron chi connectivity index (χ4n) is 4.44. The van der Waals surface area contributed by atoms with Gasteiger partial charge in [0, 0.05) is 24.0 Å². The molecule has 2 aliphatic heterocycles. The molecule has 1 amide bonds. The zero-order chi connectivity index (χ0) is 21.4. The summed E-state index contributed by atoms with van der Waals surface area (Å²) < 4.78 is 11.4. The fraction of sp³-hybridized carbons (Fsp3) is 0.360. The lowest BCUT2D eigenvalue weighted by molar-refractivity contribution is 0.0661. The largest absolute Gasteiger partial charge is 0.486 e. The lowest BCUT2D eigenvalue weighted by atomic mass is 10.00. The minimum Gasteiger partial charge on any atom is -0.486 e. The topological polar surface area (TPSA) is 54.9 Å². The van der Waals surface area contributed by atoms with Crippen LogP contribution in [0.25, 0.3) is 22.2 Å². The molecule has 0 N–H and O–H groups in total. The first-order valence-electron chi connectivity index (χ1n) is 10.9. The minimum atomic E-state index is 0.0481. The number of benzene rings is 2. The van der Waals surface area contributed by atoms with Crippen LogP contribution in [0.15, 0.2) is 48.5 Å². The van der Waals surface area contributed by atoms with Crippen LogP contribution in [-0.2, 0) is 0 Å². The van der Waals surface area contributed by atoms with Crippen molar-refractivity contribution in [2.45, 2.75) is 18.9 Å². The Hall–Kier alpha value is -3.12. The molecule has 0 bridgehead atoms. The molecule has 1 fully saturated rings. The molecular weight excluding hydrogens is 390 g/mol. The van der Waals surface area contributed by atoms with Gasteiger partial charge in [-0.15, -0.1) is 0 Å². The highest BCUT2D eigenvalue weighted by Gasteiger charge is 2.26. The van der Waals surface area contributed by atoms with Gasteiger partial charge in [-0.25, -0.2) is 4.98 Å². The van der Waals surface area contributed by atoms with Gasteiger partial charge in [-0.1, -0.05) is 18.2 Å². The number of ether oxygens (including phenoxy) is 2. The summed E-state index contributed by atoms with van der Waals surface area (Å²) in [6.45, 7) is 3.12. The van der Waals surface area contributed by atoms with Crippen LogP contribution in [0, 0.1) is 0 Å². The second-order valence-electron chi connectivity index (χ2n) is 8.38. The Bertz CT molecular complexity index is 1120. The van der Waals surface area contributed by atoms with E-state index in [0.29, 0.717) is 18.8 Å². The number of piperidine rings is 1. The first-order chi connectivity index (χ1) is 15.1. The molecule has 0 spiro atoms. The Morgan fingerprint density at radius 1 is 1.03 bits per heavy atom. The van der Waals surface area contributed by atoms with Crippen molar-refractivity contribution in [3.63, 3.8) is 0 Å². The Morgan fingerprint density at radius 3 is 2.58 bits per heavy atom. The molecule has 2 aliphatic rings. The first kappa shape index (κ1) is 19.8. The quantitative estimate of drug-likeness (QED) is 0.648. The molecular formula is C25H27N3O3. The van der Waals surface area contributed by atoms with Gasteiger partial charge in [-0.2, -0.15) is 0 Å². The number of fused-ring (bicyclic) bond motifs is 2. The van der Waals surface area contributed by atoms with E-state index in [1.165, 1.54) is 0 Å². The lowest BCUT2D eigenvalue weighted by Crippen LogP contribution is -2.44. The Labute approximate surface area is 182 Å². The molecule has 3 aromatic rings. The predicted octanol–water partition coefficient (Wildman–Crippen LogP) is 3.84. The third kappa shape index (κ3) is 3.83. The molecule has 160 valence electrons. The van der Waals surface area contributed by atoms with Crippen LogP contribution in [0.3, 0.4) is 0 Å². The van der Waals surface area contributed by atoms with E-state index in [4.69, 9.17) is 14.5 Å². The molecule has 0 atom stereocenters. The van der Waals surface area contributed by atoms with Crippen molar-refractivity contribution in [1.29, 1.82) is 0 Å². The molecule has 2 aromatic carbocycles. The highest BCUT2D eigenvalue weighted by atomic mass is 16.6. The van der Waals surface area contributed by atoms with Gasteiger partial charge in [-0.3, -0.25) is 4.79 Å².